The van der Waals surface area contributed by atoms with Crippen molar-refractivity contribution in [2.45, 2.75) is 39.2 Å². The summed E-state index contributed by atoms with van der Waals surface area (Å²) in [5, 5.41) is 3.57. The van der Waals surface area contributed by atoms with Crippen LogP contribution in [0.5, 0.6) is 0 Å². The zero-order chi connectivity index (χ0) is 11.1. The molecule has 0 amide bonds. The molecule has 0 spiro atoms. The van der Waals surface area contributed by atoms with E-state index in [4.69, 9.17) is 4.74 Å². The molecule has 3 heteroatoms. The zero-order valence-corrected chi connectivity index (χ0v) is 10.5. The molecule has 0 unspecified atom stereocenters. The van der Waals surface area contributed by atoms with Crippen LogP contribution in [0.25, 0.3) is 0 Å². The molecule has 1 rings (SSSR count). The minimum absolute atomic E-state index is 0.251. The minimum atomic E-state index is 0.251. The lowest BCUT2D eigenvalue weighted by molar-refractivity contribution is 0.0990. The van der Waals surface area contributed by atoms with Crippen LogP contribution in [-0.2, 0) is 4.74 Å². The number of ether oxygens (including phenoxy) is 1. The Morgan fingerprint density at radius 2 is 2.13 bits per heavy atom. The van der Waals surface area contributed by atoms with Crippen molar-refractivity contribution in [3.8, 4) is 0 Å². The SMILES string of the molecule is CCCOCCN1CCCNC(C)(C)C1. The summed E-state index contributed by atoms with van der Waals surface area (Å²) in [5.41, 5.74) is 0.251. The molecule has 3 nitrogen and oxygen atoms in total. The minimum Gasteiger partial charge on any atom is -0.380 e. The van der Waals surface area contributed by atoms with E-state index < -0.39 is 0 Å². The number of hydrogen-bond donors (Lipinski definition) is 1. The van der Waals surface area contributed by atoms with Crippen molar-refractivity contribution in [3.05, 3.63) is 0 Å². The first-order valence-electron chi connectivity index (χ1n) is 6.19. The third-order valence-corrected chi connectivity index (χ3v) is 2.77. The molecule has 0 aromatic carbocycles. The van der Waals surface area contributed by atoms with Gasteiger partial charge in [-0.1, -0.05) is 6.92 Å². The van der Waals surface area contributed by atoms with Crippen LogP contribution in [-0.4, -0.2) is 49.8 Å². The second kappa shape index (κ2) is 6.46. The molecule has 0 aliphatic carbocycles. The standard InChI is InChI=1S/C12H26N2O/c1-4-9-15-10-8-14-7-5-6-13-12(2,3)11-14/h13H,4-11H2,1-3H3. The van der Waals surface area contributed by atoms with Crippen LogP contribution in [0, 0.1) is 0 Å². The Morgan fingerprint density at radius 1 is 1.33 bits per heavy atom. The maximum Gasteiger partial charge on any atom is 0.0593 e. The fourth-order valence-electron chi connectivity index (χ4n) is 2.05. The Hall–Kier alpha value is -0.120. The van der Waals surface area contributed by atoms with Crippen molar-refractivity contribution in [1.82, 2.24) is 10.2 Å². The maximum absolute atomic E-state index is 5.53. The molecule has 1 fully saturated rings. The average Bonchev–Trinajstić information content (AvgIpc) is 2.34. The van der Waals surface area contributed by atoms with Crippen molar-refractivity contribution < 1.29 is 4.74 Å². The van der Waals surface area contributed by atoms with Gasteiger partial charge in [-0.15, -0.1) is 0 Å². The molecule has 0 bridgehead atoms. The first kappa shape index (κ1) is 12.9. The van der Waals surface area contributed by atoms with E-state index in [1.807, 2.05) is 0 Å². The fraction of sp³-hybridized carbons (Fsp3) is 1.00. The highest BCUT2D eigenvalue weighted by Crippen LogP contribution is 2.09. The lowest BCUT2D eigenvalue weighted by Crippen LogP contribution is -2.47. The van der Waals surface area contributed by atoms with Crippen LogP contribution in [0.3, 0.4) is 0 Å². The lowest BCUT2D eigenvalue weighted by Gasteiger charge is -2.29. The Balaban J connectivity index is 2.21. The van der Waals surface area contributed by atoms with E-state index in [1.54, 1.807) is 0 Å². The van der Waals surface area contributed by atoms with Gasteiger partial charge in [-0.25, -0.2) is 0 Å². The predicted molar refractivity (Wildman–Crippen MR) is 64.2 cm³/mol. The lowest BCUT2D eigenvalue weighted by atomic mass is 10.1. The van der Waals surface area contributed by atoms with E-state index in [2.05, 4.69) is 31.0 Å². The number of nitrogens with zero attached hydrogens (tertiary/aromatic N) is 1. The van der Waals surface area contributed by atoms with Crippen LogP contribution >= 0.6 is 0 Å². The van der Waals surface area contributed by atoms with Gasteiger partial charge in [0.1, 0.15) is 0 Å². The van der Waals surface area contributed by atoms with Crippen molar-refractivity contribution in [1.29, 1.82) is 0 Å². The monoisotopic (exact) mass is 214 g/mol. The van der Waals surface area contributed by atoms with Crippen molar-refractivity contribution in [2.24, 2.45) is 0 Å². The molecular formula is C12H26N2O. The van der Waals surface area contributed by atoms with Gasteiger partial charge in [0.05, 0.1) is 6.61 Å². The quantitative estimate of drug-likeness (QED) is 0.702. The maximum atomic E-state index is 5.53. The number of hydrogen-bond acceptors (Lipinski definition) is 3. The van der Waals surface area contributed by atoms with Crippen LogP contribution in [0.1, 0.15) is 33.6 Å². The molecule has 0 saturated carbocycles. The Bertz CT molecular complexity index is 171. The summed E-state index contributed by atoms with van der Waals surface area (Å²) in [6.07, 6.45) is 2.37. The first-order chi connectivity index (χ1) is 7.14. The highest BCUT2D eigenvalue weighted by molar-refractivity contribution is 4.84. The summed E-state index contributed by atoms with van der Waals surface area (Å²) in [5.74, 6) is 0. The second-order valence-electron chi connectivity index (χ2n) is 5.05. The fourth-order valence-corrected chi connectivity index (χ4v) is 2.05. The Kier molecular flexibility index (Phi) is 5.58. The van der Waals surface area contributed by atoms with Gasteiger partial charge in [-0.2, -0.15) is 0 Å². The molecule has 1 heterocycles. The van der Waals surface area contributed by atoms with Gasteiger partial charge in [0.2, 0.25) is 0 Å². The van der Waals surface area contributed by atoms with Gasteiger partial charge in [-0.3, -0.25) is 4.90 Å². The van der Waals surface area contributed by atoms with Crippen molar-refractivity contribution >= 4 is 0 Å². The van der Waals surface area contributed by atoms with E-state index in [-0.39, 0.29) is 5.54 Å². The molecule has 0 aromatic rings. The smallest absolute Gasteiger partial charge is 0.0593 e. The van der Waals surface area contributed by atoms with E-state index in [0.29, 0.717) is 0 Å². The summed E-state index contributed by atoms with van der Waals surface area (Å²) >= 11 is 0. The normalized spacial score (nSPS) is 22.6. The van der Waals surface area contributed by atoms with Crippen LogP contribution in [0.15, 0.2) is 0 Å². The van der Waals surface area contributed by atoms with Crippen molar-refractivity contribution in [3.63, 3.8) is 0 Å². The predicted octanol–water partition coefficient (Wildman–Crippen LogP) is 1.49. The molecule has 0 atom stereocenters. The van der Waals surface area contributed by atoms with Crippen LogP contribution < -0.4 is 5.32 Å². The molecule has 1 aliphatic rings. The van der Waals surface area contributed by atoms with Gasteiger partial charge >= 0.3 is 0 Å². The summed E-state index contributed by atoms with van der Waals surface area (Å²) < 4.78 is 5.53. The van der Waals surface area contributed by atoms with Gasteiger partial charge in [-0.05, 0) is 39.8 Å². The first-order valence-corrected chi connectivity index (χ1v) is 6.19. The number of nitrogens with one attached hydrogen (secondary N) is 1. The van der Waals surface area contributed by atoms with Crippen LogP contribution in [0.2, 0.25) is 0 Å². The van der Waals surface area contributed by atoms with E-state index in [1.165, 1.54) is 13.0 Å². The zero-order valence-electron chi connectivity index (χ0n) is 10.5. The number of rotatable bonds is 5. The molecule has 90 valence electrons. The third-order valence-electron chi connectivity index (χ3n) is 2.77. The summed E-state index contributed by atoms with van der Waals surface area (Å²) in [6, 6.07) is 0. The summed E-state index contributed by atoms with van der Waals surface area (Å²) in [7, 11) is 0. The van der Waals surface area contributed by atoms with Gasteiger partial charge in [0, 0.05) is 25.2 Å². The summed E-state index contributed by atoms with van der Waals surface area (Å²) in [6.45, 7) is 13.0. The van der Waals surface area contributed by atoms with Gasteiger partial charge in [0.15, 0.2) is 0 Å². The van der Waals surface area contributed by atoms with E-state index in [9.17, 15) is 0 Å². The topological polar surface area (TPSA) is 24.5 Å². The molecule has 1 saturated heterocycles. The van der Waals surface area contributed by atoms with Gasteiger partial charge < -0.3 is 10.1 Å². The molecule has 15 heavy (non-hydrogen) atoms. The molecule has 0 aromatic heterocycles. The Morgan fingerprint density at radius 3 is 2.87 bits per heavy atom. The summed E-state index contributed by atoms with van der Waals surface area (Å²) in [4.78, 5) is 2.51. The molecule has 1 aliphatic heterocycles. The highest BCUT2D eigenvalue weighted by Gasteiger charge is 2.23. The molecule has 1 N–H and O–H groups in total. The molecule has 0 radical (unpaired) electrons. The van der Waals surface area contributed by atoms with Gasteiger partial charge in [0.25, 0.3) is 0 Å². The third kappa shape index (κ3) is 5.50. The second-order valence-corrected chi connectivity index (χ2v) is 5.05. The van der Waals surface area contributed by atoms with E-state index in [0.717, 1.165) is 39.3 Å². The molecular weight excluding hydrogens is 188 g/mol. The largest absolute Gasteiger partial charge is 0.380 e. The van der Waals surface area contributed by atoms with E-state index >= 15 is 0 Å². The van der Waals surface area contributed by atoms with Crippen molar-refractivity contribution in [2.75, 3.05) is 39.4 Å². The van der Waals surface area contributed by atoms with Crippen LogP contribution in [0.4, 0.5) is 0 Å². The average molecular weight is 214 g/mol. The Labute approximate surface area is 94.2 Å². The highest BCUT2D eigenvalue weighted by atomic mass is 16.5.